The minimum absolute atomic E-state index is 0.146. The van der Waals surface area contributed by atoms with E-state index in [9.17, 15) is 4.39 Å². The van der Waals surface area contributed by atoms with Crippen molar-refractivity contribution in [1.29, 1.82) is 0 Å². The van der Waals surface area contributed by atoms with Gasteiger partial charge in [-0.25, -0.2) is 4.39 Å². The van der Waals surface area contributed by atoms with Crippen LogP contribution in [0.25, 0.3) is 0 Å². The molecule has 3 nitrogen and oxygen atoms in total. The summed E-state index contributed by atoms with van der Waals surface area (Å²) < 4.78 is 13.6. The highest BCUT2D eigenvalue weighted by Crippen LogP contribution is 2.30. The Morgan fingerprint density at radius 2 is 2.10 bits per heavy atom. The molecule has 2 aliphatic heterocycles. The molecule has 2 unspecified atom stereocenters. The highest BCUT2D eigenvalue weighted by Gasteiger charge is 2.30. The van der Waals surface area contributed by atoms with Crippen LogP contribution in [0.3, 0.4) is 0 Å². The molecule has 4 heteroatoms. The van der Waals surface area contributed by atoms with E-state index in [4.69, 9.17) is 0 Å². The zero-order valence-electron chi connectivity index (χ0n) is 13.1. The lowest BCUT2D eigenvalue weighted by Crippen LogP contribution is -2.55. The molecule has 0 aromatic heterocycles. The number of piperidine rings is 1. The molecular weight excluding hydrogens is 265 g/mol. The third kappa shape index (κ3) is 3.06. The predicted octanol–water partition coefficient (Wildman–Crippen LogP) is 2.78. The van der Waals surface area contributed by atoms with Crippen LogP contribution >= 0.6 is 0 Å². The standard InChI is InChI=1S/C17H26FN3/c1-13(19-2)16-11-14(18)6-7-17(16)21-10-9-20-8-4-3-5-15(20)12-21/h6-7,11,13,15,19H,3-5,8-10,12H2,1-2H3. The van der Waals surface area contributed by atoms with Gasteiger partial charge in [-0.3, -0.25) is 4.90 Å². The van der Waals surface area contributed by atoms with Crippen molar-refractivity contribution in [2.24, 2.45) is 0 Å². The fraction of sp³-hybridized carbons (Fsp3) is 0.647. The largest absolute Gasteiger partial charge is 0.368 e. The molecule has 2 aliphatic rings. The van der Waals surface area contributed by atoms with E-state index in [1.807, 2.05) is 13.1 Å². The van der Waals surface area contributed by atoms with Crippen LogP contribution in [0.4, 0.5) is 10.1 Å². The highest BCUT2D eigenvalue weighted by atomic mass is 19.1. The summed E-state index contributed by atoms with van der Waals surface area (Å²) in [4.78, 5) is 5.08. The molecule has 2 heterocycles. The summed E-state index contributed by atoms with van der Waals surface area (Å²) >= 11 is 0. The molecule has 3 rings (SSSR count). The van der Waals surface area contributed by atoms with Crippen LogP contribution < -0.4 is 10.2 Å². The van der Waals surface area contributed by atoms with Gasteiger partial charge in [0, 0.05) is 37.4 Å². The number of fused-ring (bicyclic) bond motifs is 1. The summed E-state index contributed by atoms with van der Waals surface area (Å²) in [7, 11) is 1.93. The number of benzene rings is 1. The monoisotopic (exact) mass is 291 g/mol. The summed E-state index contributed by atoms with van der Waals surface area (Å²) in [5.41, 5.74) is 2.27. The topological polar surface area (TPSA) is 18.5 Å². The first kappa shape index (κ1) is 14.8. The molecule has 1 aromatic carbocycles. The van der Waals surface area contributed by atoms with Crippen LogP contribution in [-0.4, -0.2) is 44.2 Å². The molecule has 0 saturated carbocycles. The molecule has 0 bridgehead atoms. The molecule has 1 N–H and O–H groups in total. The molecule has 0 amide bonds. The quantitative estimate of drug-likeness (QED) is 0.924. The van der Waals surface area contributed by atoms with Crippen LogP contribution in [0.5, 0.6) is 0 Å². The van der Waals surface area contributed by atoms with Gasteiger partial charge in [-0.15, -0.1) is 0 Å². The van der Waals surface area contributed by atoms with Crippen molar-refractivity contribution >= 4 is 5.69 Å². The summed E-state index contributed by atoms with van der Waals surface area (Å²) in [6.45, 7) is 6.60. The van der Waals surface area contributed by atoms with Crippen molar-refractivity contribution in [2.75, 3.05) is 38.1 Å². The van der Waals surface area contributed by atoms with E-state index in [2.05, 4.69) is 22.0 Å². The van der Waals surface area contributed by atoms with E-state index in [0.29, 0.717) is 6.04 Å². The first-order valence-electron chi connectivity index (χ1n) is 8.14. The molecule has 2 saturated heterocycles. The first-order chi connectivity index (χ1) is 10.2. The van der Waals surface area contributed by atoms with Crippen LogP contribution in [0.1, 0.15) is 37.8 Å². The van der Waals surface area contributed by atoms with Crippen LogP contribution in [-0.2, 0) is 0 Å². The zero-order chi connectivity index (χ0) is 14.8. The molecule has 116 valence electrons. The highest BCUT2D eigenvalue weighted by molar-refractivity contribution is 5.55. The minimum Gasteiger partial charge on any atom is -0.368 e. The summed E-state index contributed by atoms with van der Waals surface area (Å²) in [6.07, 6.45) is 3.99. The molecule has 0 spiro atoms. The Kier molecular flexibility index (Phi) is 4.45. The zero-order valence-corrected chi connectivity index (χ0v) is 13.1. The number of nitrogens with zero attached hydrogens (tertiary/aromatic N) is 2. The average molecular weight is 291 g/mol. The van der Waals surface area contributed by atoms with Gasteiger partial charge in [-0.05, 0) is 57.1 Å². The summed E-state index contributed by atoms with van der Waals surface area (Å²) in [5.74, 6) is -0.146. The maximum absolute atomic E-state index is 13.6. The van der Waals surface area contributed by atoms with E-state index in [0.717, 1.165) is 25.2 Å². The van der Waals surface area contributed by atoms with Gasteiger partial charge in [0.2, 0.25) is 0 Å². The van der Waals surface area contributed by atoms with Crippen molar-refractivity contribution in [3.8, 4) is 0 Å². The van der Waals surface area contributed by atoms with Crippen molar-refractivity contribution in [3.05, 3.63) is 29.6 Å². The number of hydrogen-bond donors (Lipinski definition) is 1. The number of hydrogen-bond acceptors (Lipinski definition) is 3. The Morgan fingerprint density at radius 3 is 2.90 bits per heavy atom. The molecule has 2 fully saturated rings. The van der Waals surface area contributed by atoms with Gasteiger partial charge in [-0.1, -0.05) is 6.42 Å². The lowest BCUT2D eigenvalue weighted by Gasteiger charge is -2.45. The van der Waals surface area contributed by atoms with Crippen molar-refractivity contribution in [3.63, 3.8) is 0 Å². The number of nitrogens with one attached hydrogen (secondary N) is 1. The second-order valence-electron chi connectivity index (χ2n) is 6.35. The molecule has 21 heavy (non-hydrogen) atoms. The van der Waals surface area contributed by atoms with Gasteiger partial charge in [0.1, 0.15) is 5.82 Å². The number of rotatable bonds is 3. The van der Waals surface area contributed by atoms with Gasteiger partial charge < -0.3 is 10.2 Å². The minimum atomic E-state index is -0.146. The SMILES string of the molecule is CNC(C)c1cc(F)ccc1N1CCN2CCCCC2C1. The van der Waals surface area contributed by atoms with E-state index < -0.39 is 0 Å². The van der Waals surface area contributed by atoms with E-state index in [1.165, 1.54) is 31.5 Å². The normalized spacial score (nSPS) is 24.7. The Morgan fingerprint density at radius 1 is 1.24 bits per heavy atom. The summed E-state index contributed by atoms with van der Waals surface area (Å²) in [6, 6.07) is 6.07. The Labute approximate surface area is 127 Å². The smallest absolute Gasteiger partial charge is 0.123 e. The van der Waals surface area contributed by atoms with Gasteiger partial charge in [0.25, 0.3) is 0 Å². The molecule has 0 radical (unpaired) electrons. The molecule has 2 atom stereocenters. The first-order valence-corrected chi connectivity index (χ1v) is 8.14. The number of anilines is 1. The number of halogens is 1. The van der Waals surface area contributed by atoms with Crippen LogP contribution in [0, 0.1) is 5.82 Å². The van der Waals surface area contributed by atoms with Gasteiger partial charge in [0.05, 0.1) is 0 Å². The van der Waals surface area contributed by atoms with Crippen LogP contribution in [0.15, 0.2) is 18.2 Å². The second kappa shape index (κ2) is 6.32. The molecule has 1 aromatic rings. The van der Waals surface area contributed by atoms with Crippen LogP contribution in [0.2, 0.25) is 0 Å². The Balaban J connectivity index is 1.83. The van der Waals surface area contributed by atoms with Gasteiger partial charge in [-0.2, -0.15) is 0 Å². The third-order valence-corrected chi connectivity index (χ3v) is 5.07. The predicted molar refractivity (Wildman–Crippen MR) is 85.3 cm³/mol. The molecular formula is C17H26FN3. The van der Waals surface area contributed by atoms with E-state index >= 15 is 0 Å². The number of piperazine rings is 1. The fourth-order valence-electron chi connectivity index (χ4n) is 3.69. The average Bonchev–Trinajstić information content (AvgIpc) is 2.53. The lowest BCUT2D eigenvalue weighted by molar-refractivity contribution is 0.133. The molecule has 0 aliphatic carbocycles. The second-order valence-corrected chi connectivity index (χ2v) is 6.35. The summed E-state index contributed by atoms with van der Waals surface area (Å²) in [5, 5.41) is 3.24. The van der Waals surface area contributed by atoms with Crippen molar-refractivity contribution in [1.82, 2.24) is 10.2 Å². The Bertz CT molecular complexity index is 491. The maximum atomic E-state index is 13.6. The third-order valence-electron chi connectivity index (χ3n) is 5.07. The van der Waals surface area contributed by atoms with Crippen molar-refractivity contribution < 1.29 is 4.39 Å². The van der Waals surface area contributed by atoms with Crippen molar-refractivity contribution in [2.45, 2.75) is 38.3 Å². The van der Waals surface area contributed by atoms with Gasteiger partial charge in [0.15, 0.2) is 0 Å². The maximum Gasteiger partial charge on any atom is 0.123 e. The van der Waals surface area contributed by atoms with Gasteiger partial charge >= 0.3 is 0 Å². The van der Waals surface area contributed by atoms with E-state index in [1.54, 1.807) is 12.1 Å². The fourth-order valence-corrected chi connectivity index (χ4v) is 3.69. The Hall–Kier alpha value is -1.13. The lowest BCUT2D eigenvalue weighted by atomic mass is 9.97. The van der Waals surface area contributed by atoms with E-state index in [-0.39, 0.29) is 11.9 Å².